The van der Waals surface area contributed by atoms with Crippen molar-refractivity contribution in [1.82, 2.24) is 19.9 Å². The molecule has 1 saturated carbocycles. The summed E-state index contributed by atoms with van der Waals surface area (Å²) >= 11 is 0. The van der Waals surface area contributed by atoms with E-state index in [2.05, 4.69) is 35.6 Å². The third kappa shape index (κ3) is 3.21. The summed E-state index contributed by atoms with van der Waals surface area (Å²) in [5, 5.41) is 8.54. The van der Waals surface area contributed by atoms with Crippen LogP contribution in [0.2, 0.25) is 0 Å². The van der Waals surface area contributed by atoms with Crippen LogP contribution in [0, 0.1) is 6.92 Å². The molecule has 4 rings (SSSR count). The second-order valence-corrected chi connectivity index (χ2v) is 7.13. The van der Waals surface area contributed by atoms with Gasteiger partial charge in [-0.3, -0.25) is 9.48 Å². The van der Waals surface area contributed by atoms with E-state index in [4.69, 9.17) is 0 Å². The van der Waals surface area contributed by atoms with E-state index in [1.54, 1.807) is 0 Å². The number of hydrogen-bond acceptors (Lipinski definition) is 3. The van der Waals surface area contributed by atoms with Crippen LogP contribution in [0.4, 0.5) is 0 Å². The van der Waals surface area contributed by atoms with Gasteiger partial charge in [0.1, 0.15) is 0 Å². The summed E-state index contributed by atoms with van der Waals surface area (Å²) in [6.07, 6.45) is 7.17. The van der Waals surface area contributed by atoms with Gasteiger partial charge in [0.15, 0.2) is 0 Å². The number of rotatable bonds is 5. The molecule has 5 nitrogen and oxygen atoms in total. The first-order valence-corrected chi connectivity index (χ1v) is 8.94. The summed E-state index contributed by atoms with van der Waals surface area (Å²) in [5.41, 5.74) is 3.43. The van der Waals surface area contributed by atoms with Crippen LogP contribution < -0.4 is 0 Å². The molecule has 126 valence electrons. The predicted molar refractivity (Wildman–Crippen MR) is 91.6 cm³/mol. The van der Waals surface area contributed by atoms with Gasteiger partial charge in [0, 0.05) is 18.7 Å². The van der Waals surface area contributed by atoms with Gasteiger partial charge < -0.3 is 4.90 Å². The van der Waals surface area contributed by atoms with Crippen LogP contribution in [0.5, 0.6) is 0 Å². The first-order valence-electron chi connectivity index (χ1n) is 8.94. The van der Waals surface area contributed by atoms with Crippen LogP contribution in [-0.2, 0) is 17.8 Å². The molecule has 0 N–H and O–H groups in total. The van der Waals surface area contributed by atoms with Crippen LogP contribution in [0.1, 0.15) is 48.4 Å². The molecule has 1 atom stereocenters. The van der Waals surface area contributed by atoms with E-state index in [0.29, 0.717) is 12.3 Å². The second kappa shape index (κ2) is 6.38. The normalized spacial score (nSPS) is 20.5. The van der Waals surface area contributed by atoms with Crippen molar-refractivity contribution in [2.75, 3.05) is 6.54 Å². The lowest BCUT2D eigenvalue weighted by atomic mass is 10.1. The molecular formula is C19H24N4O. The van der Waals surface area contributed by atoms with Gasteiger partial charge in [-0.15, -0.1) is 5.10 Å². The number of aromatic nitrogens is 3. The first kappa shape index (κ1) is 15.4. The summed E-state index contributed by atoms with van der Waals surface area (Å²) in [4.78, 5) is 14.8. The number of likely N-dealkylation sites (tertiary alicyclic amines) is 1. The average Bonchev–Trinajstić information content (AvgIpc) is 3.14. The Hall–Kier alpha value is -2.17. The number of nitrogens with zero attached hydrogens (tertiary/aromatic N) is 4. The zero-order valence-electron chi connectivity index (χ0n) is 14.2. The van der Waals surface area contributed by atoms with Crippen LogP contribution in [0.3, 0.4) is 0 Å². The van der Waals surface area contributed by atoms with Crippen molar-refractivity contribution in [3.05, 3.63) is 47.3 Å². The SMILES string of the molecule is Cc1ccccc1CC(=O)N1CCC[C@H]1Cn1cc(C2CC2)nn1. The molecule has 1 aliphatic carbocycles. The van der Waals surface area contributed by atoms with Gasteiger partial charge in [-0.2, -0.15) is 0 Å². The quantitative estimate of drug-likeness (QED) is 0.850. The van der Waals surface area contributed by atoms with E-state index in [1.807, 2.05) is 21.7 Å². The Morgan fingerprint density at radius 2 is 2.08 bits per heavy atom. The highest BCUT2D eigenvalue weighted by Crippen LogP contribution is 2.38. The van der Waals surface area contributed by atoms with E-state index >= 15 is 0 Å². The number of amides is 1. The van der Waals surface area contributed by atoms with Gasteiger partial charge in [-0.1, -0.05) is 29.5 Å². The molecule has 1 amide bonds. The standard InChI is InChI=1S/C19H24N4O/c1-14-5-2-3-6-16(14)11-19(24)23-10-4-7-17(23)12-22-13-18(20-21-22)15-8-9-15/h2-3,5-6,13,15,17H,4,7-12H2,1H3/t17-/m0/s1. The van der Waals surface area contributed by atoms with E-state index in [0.717, 1.165) is 37.2 Å². The van der Waals surface area contributed by atoms with Crippen molar-refractivity contribution in [1.29, 1.82) is 0 Å². The molecule has 2 fully saturated rings. The molecule has 0 radical (unpaired) electrons. The summed E-state index contributed by atoms with van der Waals surface area (Å²) in [7, 11) is 0. The maximum atomic E-state index is 12.8. The van der Waals surface area contributed by atoms with Crippen molar-refractivity contribution in [3.63, 3.8) is 0 Å². The van der Waals surface area contributed by atoms with E-state index in [-0.39, 0.29) is 11.9 Å². The zero-order chi connectivity index (χ0) is 16.5. The molecular weight excluding hydrogens is 300 g/mol. The third-order valence-corrected chi connectivity index (χ3v) is 5.25. The van der Waals surface area contributed by atoms with Gasteiger partial charge >= 0.3 is 0 Å². The molecule has 2 aromatic rings. The Morgan fingerprint density at radius 1 is 1.25 bits per heavy atom. The summed E-state index contributed by atoms with van der Waals surface area (Å²) in [6.45, 7) is 3.69. The maximum absolute atomic E-state index is 12.8. The molecule has 2 heterocycles. The van der Waals surface area contributed by atoms with Crippen molar-refractivity contribution >= 4 is 5.91 Å². The molecule has 1 aromatic heterocycles. The minimum absolute atomic E-state index is 0.231. The zero-order valence-corrected chi connectivity index (χ0v) is 14.2. The lowest BCUT2D eigenvalue weighted by molar-refractivity contribution is -0.131. The lowest BCUT2D eigenvalue weighted by Gasteiger charge is -2.25. The smallest absolute Gasteiger partial charge is 0.227 e. The van der Waals surface area contributed by atoms with Crippen LogP contribution >= 0.6 is 0 Å². The summed E-state index contributed by atoms with van der Waals surface area (Å²) in [6, 6.07) is 8.39. The molecule has 1 saturated heterocycles. The second-order valence-electron chi connectivity index (χ2n) is 7.13. The molecule has 1 aliphatic heterocycles. The fourth-order valence-corrected chi connectivity index (χ4v) is 3.61. The van der Waals surface area contributed by atoms with Gasteiger partial charge in [0.25, 0.3) is 0 Å². The molecule has 24 heavy (non-hydrogen) atoms. The molecule has 1 aromatic carbocycles. The molecule has 0 unspecified atom stereocenters. The Labute approximate surface area is 142 Å². The Balaban J connectivity index is 1.41. The lowest BCUT2D eigenvalue weighted by Crippen LogP contribution is -2.39. The fraction of sp³-hybridized carbons (Fsp3) is 0.526. The number of hydrogen-bond donors (Lipinski definition) is 0. The number of carbonyl (C=O) groups excluding carboxylic acids is 1. The Morgan fingerprint density at radius 3 is 2.88 bits per heavy atom. The van der Waals surface area contributed by atoms with E-state index < -0.39 is 0 Å². The van der Waals surface area contributed by atoms with Crippen molar-refractivity contribution in [2.45, 2.75) is 57.5 Å². The van der Waals surface area contributed by atoms with Crippen molar-refractivity contribution < 1.29 is 4.79 Å². The Bertz CT molecular complexity index is 734. The van der Waals surface area contributed by atoms with Gasteiger partial charge in [-0.05, 0) is 43.7 Å². The topological polar surface area (TPSA) is 51.0 Å². The predicted octanol–water partition coefficient (Wildman–Crippen LogP) is 2.70. The highest BCUT2D eigenvalue weighted by molar-refractivity contribution is 5.79. The van der Waals surface area contributed by atoms with Crippen molar-refractivity contribution in [2.24, 2.45) is 0 Å². The molecule has 0 bridgehead atoms. The minimum Gasteiger partial charge on any atom is -0.338 e. The first-order chi connectivity index (χ1) is 11.7. The van der Waals surface area contributed by atoms with Crippen LogP contribution in [0.15, 0.2) is 30.5 Å². The Kier molecular flexibility index (Phi) is 4.08. The van der Waals surface area contributed by atoms with Crippen molar-refractivity contribution in [3.8, 4) is 0 Å². The molecule has 2 aliphatic rings. The van der Waals surface area contributed by atoms with Crippen LogP contribution in [0.25, 0.3) is 0 Å². The third-order valence-electron chi connectivity index (χ3n) is 5.25. The highest BCUT2D eigenvalue weighted by Gasteiger charge is 2.30. The van der Waals surface area contributed by atoms with Gasteiger partial charge in [-0.25, -0.2) is 0 Å². The largest absolute Gasteiger partial charge is 0.338 e. The molecule has 0 spiro atoms. The van der Waals surface area contributed by atoms with E-state index in [9.17, 15) is 4.79 Å². The molecule has 5 heteroatoms. The summed E-state index contributed by atoms with van der Waals surface area (Å²) in [5.74, 6) is 0.857. The highest BCUT2D eigenvalue weighted by atomic mass is 16.2. The summed E-state index contributed by atoms with van der Waals surface area (Å²) < 4.78 is 1.93. The minimum atomic E-state index is 0.231. The number of benzene rings is 1. The fourth-order valence-electron chi connectivity index (χ4n) is 3.61. The number of carbonyl (C=O) groups is 1. The number of aryl methyl sites for hydroxylation is 1. The van der Waals surface area contributed by atoms with E-state index in [1.165, 1.54) is 18.4 Å². The average molecular weight is 324 g/mol. The van der Waals surface area contributed by atoms with Gasteiger partial charge in [0.05, 0.1) is 24.7 Å². The maximum Gasteiger partial charge on any atom is 0.227 e. The van der Waals surface area contributed by atoms with Crippen LogP contribution in [-0.4, -0.2) is 38.4 Å². The van der Waals surface area contributed by atoms with Gasteiger partial charge in [0.2, 0.25) is 5.91 Å². The monoisotopic (exact) mass is 324 g/mol.